The van der Waals surface area contributed by atoms with Crippen LogP contribution in [0.4, 0.5) is 0 Å². The fraction of sp³-hybridized carbons (Fsp3) is 0.263. The molecule has 0 aliphatic heterocycles. The van der Waals surface area contributed by atoms with E-state index in [0.29, 0.717) is 0 Å². The predicted octanol–water partition coefficient (Wildman–Crippen LogP) is 4.94. The van der Waals surface area contributed by atoms with Gasteiger partial charge >= 0.3 is 0 Å². The van der Waals surface area contributed by atoms with Gasteiger partial charge in [0, 0.05) is 16.6 Å². The highest BCUT2D eigenvalue weighted by Crippen LogP contribution is 2.37. The summed E-state index contributed by atoms with van der Waals surface area (Å²) in [5.74, 6) is 0. The molecule has 0 saturated carbocycles. The van der Waals surface area contributed by atoms with Crippen molar-refractivity contribution in [2.24, 2.45) is 0 Å². The van der Waals surface area contributed by atoms with Crippen LogP contribution in [0.1, 0.15) is 28.8 Å². The number of aryl methyl sites for hydroxylation is 4. The third kappa shape index (κ3) is 1.62. The predicted molar refractivity (Wildman–Crippen MR) is 85.2 cm³/mol. The van der Waals surface area contributed by atoms with Gasteiger partial charge in [-0.15, -0.1) is 0 Å². The first-order valence-electron chi connectivity index (χ1n) is 7.44. The summed E-state index contributed by atoms with van der Waals surface area (Å²) in [7, 11) is 0. The Kier molecular flexibility index (Phi) is 2.50. The van der Waals surface area contributed by atoms with Crippen molar-refractivity contribution in [2.45, 2.75) is 33.1 Å². The van der Waals surface area contributed by atoms with E-state index in [1.165, 1.54) is 58.1 Å². The van der Waals surface area contributed by atoms with Crippen LogP contribution in [0.3, 0.4) is 0 Å². The molecule has 0 spiro atoms. The average Bonchev–Trinajstić information content (AvgIpc) is 2.98. The molecule has 0 radical (unpaired) electrons. The highest BCUT2D eigenvalue weighted by molar-refractivity contribution is 5.99. The molecule has 1 aromatic heterocycles. The second-order valence-corrected chi connectivity index (χ2v) is 5.98. The molecular formula is C19H19N. The SMILES string of the molecule is Cc1ccc(-c2cccc3[nH]c4c(c23)CCC4)c(C)c1. The summed E-state index contributed by atoms with van der Waals surface area (Å²) in [5, 5.41) is 1.45. The van der Waals surface area contributed by atoms with Gasteiger partial charge in [0.25, 0.3) is 0 Å². The van der Waals surface area contributed by atoms with Gasteiger partial charge in [-0.2, -0.15) is 0 Å². The molecule has 1 aliphatic carbocycles. The van der Waals surface area contributed by atoms with E-state index in [9.17, 15) is 0 Å². The molecule has 1 heterocycles. The topological polar surface area (TPSA) is 15.8 Å². The molecule has 1 heteroatoms. The molecule has 3 aromatic rings. The average molecular weight is 261 g/mol. The van der Waals surface area contributed by atoms with Gasteiger partial charge in [0.15, 0.2) is 0 Å². The lowest BCUT2D eigenvalue weighted by atomic mass is 9.94. The third-order valence-electron chi connectivity index (χ3n) is 4.54. The van der Waals surface area contributed by atoms with Crippen molar-refractivity contribution < 1.29 is 0 Å². The molecule has 0 bridgehead atoms. The molecule has 2 aromatic carbocycles. The Morgan fingerprint density at radius 2 is 1.85 bits per heavy atom. The number of rotatable bonds is 1. The summed E-state index contributed by atoms with van der Waals surface area (Å²) in [5.41, 5.74) is 9.76. The summed E-state index contributed by atoms with van der Waals surface area (Å²) < 4.78 is 0. The van der Waals surface area contributed by atoms with Crippen molar-refractivity contribution in [2.75, 3.05) is 0 Å². The zero-order valence-electron chi connectivity index (χ0n) is 12.1. The summed E-state index contributed by atoms with van der Waals surface area (Å²) in [6, 6.07) is 13.4. The Morgan fingerprint density at radius 1 is 0.950 bits per heavy atom. The molecule has 4 rings (SSSR count). The third-order valence-corrected chi connectivity index (χ3v) is 4.54. The molecule has 0 saturated heterocycles. The van der Waals surface area contributed by atoms with E-state index >= 15 is 0 Å². The lowest BCUT2D eigenvalue weighted by Crippen LogP contribution is -1.87. The first-order chi connectivity index (χ1) is 9.74. The maximum Gasteiger partial charge on any atom is 0.0465 e. The number of hydrogen-bond acceptors (Lipinski definition) is 0. The van der Waals surface area contributed by atoms with Gasteiger partial charge in [-0.25, -0.2) is 0 Å². The molecule has 0 amide bonds. The van der Waals surface area contributed by atoms with Gasteiger partial charge in [-0.3, -0.25) is 0 Å². The zero-order valence-corrected chi connectivity index (χ0v) is 12.1. The monoisotopic (exact) mass is 261 g/mol. The fourth-order valence-electron chi connectivity index (χ4n) is 3.64. The van der Waals surface area contributed by atoms with E-state index in [0.717, 1.165) is 0 Å². The van der Waals surface area contributed by atoms with E-state index in [1.54, 1.807) is 5.56 Å². The fourth-order valence-corrected chi connectivity index (χ4v) is 3.64. The molecule has 100 valence electrons. The second kappa shape index (κ2) is 4.24. The van der Waals surface area contributed by atoms with Crippen LogP contribution < -0.4 is 0 Å². The number of H-pyrrole nitrogens is 1. The van der Waals surface area contributed by atoms with E-state index < -0.39 is 0 Å². The van der Waals surface area contributed by atoms with Crippen LogP contribution in [-0.4, -0.2) is 4.98 Å². The number of hydrogen-bond donors (Lipinski definition) is 1. The van der Waals surface area contributed by atoms with Crippen LogP contribution in [0.15, 0.2) is 36.4 Å². The van der Waals surface area contributed by atoms with Crippen molar-refractivity contribution in [1.29, 1.82) is 0 Å². The van der Waals surface area contributed by atoms with Crippen molar-refractivity contribution in [3.8, 4) is 11.1 Å². The van der Waals surface area contributed by atoms with Crippen LogP contribution in [-0.2, 0) is 12.8 Å². The smallest absolute Gasteiger partial charge is 0.0465 e. The number of aromatic nitrogens is 1. The largest absolute Gasteiger partial charge is 0.358 e. The van der Waals surface area contributed by atoms with Gasteiger partial charge in [-0.05, 0) is 61.4 Å². The van der Waals surface area contributed by atoms with Gasteiger partial charge in [0.2, 0.25) is 0 Å². The minimum atomic E-state index is 1.20. The molecule has 0 fully saturated rings. The second-order valence-electron chi connectivity index (χ2n) is 5.98. The highest BCUT2D eigenvalue weighted by Gasteiger charge is 2.19. The van der Waals surface area contributed by atoms with Crippen LogP contribution in [0.25, 0.3) is 22.0 Å². The Bertz CT molecular complexity index is 808. The van der Waals surface area contributed by atoms with Crippen molar-refractivity contribution in [3.05, 3.63) is 58.8 Å². The van der Waals surface area contributed by atoms with Gasteiger partial charge in [-0.1, -0.05) is 35.9 Å². The highest BCUT2D eigenvalue weighted by atomic mass is 14.7. The zero-order chi connectivity index (χ0) is 13.7. The van der Waals surface area contributed by atoms with Crippen LogP contribution in [0, 0.1) is 13.8 Å². The first kappa shape index (κ1) is 11.8. The van der Waals surface area contributed by atoms with Crippen molar-refractivity contribution >= 4 is 10.9 Å². The molecule has 1 aliphatic rings. The lowest BCUT2D eigenvalue weighted by Gasteiger charge is -2.10. The Balaban J connectivity index is 2.04. The van der Waals surface area contributed by atoms with Crippen LogP contribution in [0.2, 0.25) is 0 Å². The van der Waals surface area contributed by atoms with E-state index in [-0.39, 0.29) is 0 Å². The Labute approximate surface area is 119 Å². The maximum atomic E-state index is 3.62. The lowest BCUT2D eigenvalue weighted by molar-refractivity contribution is 0.899. The van der Waals surface area contributed by atoms with Gasteiger partial charge in [0.1, 0.15) is 0 Å². The van der Waals surface area contributed by atoms with Crippen molar-refractivity contribution in [1.82, 2.24) is 4.98 Å². The van der Waals surface area contributed by atoms with Gasteiger partial charge < -0.3 is 4.98 Å². The summed E-state index contributed by atoms with van der Waals surface area (Å²) in [6.07, 6.45) is 3.71. The minimum Gasteiger partial charge on any atom is -0.358 e. The molecule has 0 atom stereocenters. The van der Waals surface area contributed by atoms with Crippen molar-refractivity contribution in [3.63, 3.8) is 0 Å². The Morgan fingerprint density at radius 3 is 2.70 bits per heavy atom. The van der Waals surface area contributed by atoms with E-state index in [4.69, 9.17) is 0 Å². The summed E-state index contributed by atoms with van der Waals surface area (Å²) in [4.78, 5) is 3.62. The number of nitrogens with one attached hydrogen (secondary N) is 1. The molecule has 20 heavy (non-hydrogen) atoms. The molecule has 1 N–H and O–H groups in total. The molecular weight excluding hydrogens is 242 g/mol. The number of fused-ring (bicyclic) bond motifs is 3. The molecule has 1 nitrogen and oxygen atoms in total. The summed E-state index contributed by atoms with van der Waals surface area (Å²) >= 11 is 0. The van der Waals surface area contributed by atoms with E-state index in [1.807, 2.05) is 0 Å². The number of benzene rings is 2. The standard InChI is InChI=1S/C19H19N/c1-12-9-10-14(13(2)11-12)15-5-3-8-18-19(15)16-6-4-7-17(16)20-18/h3,5,8-11,20H,4,6-7H2,1-2H3. The molecule has 0 unspecified atom stereocenters. The van der Waals surface area contributed by atoms with Gasteiger partial charge in [0.05, 0.1) is 0 Å². The minimum absolute atomic E-state index is 1.20. The van der Waals surface area contributed by atoms with E-state index in [2.05, 4.69) is 55.2 Å². The number of aromatic amines is 1. The van der Waals surface area contributed by atoms with Crippen LogP contribution >= 0.6 is 0 Å². The Hall–Kier alpha value is -2.02. The maximum absolute atomic E-state index is 3.62. The quantitative estimate of drug-likeness (QED) is 0.638. The first-order valence-corrected chi connectivity index (χ1v) is 7.44. The summed E-state index contributed by atoms with van der Waals surface area (Å²) in [6.45, 7) is 4.37. The normalized spacial score (nSPS) is 13.9. The van der Waals surface area contributed by atoms with Crippen LogP contribution in [0.5, 0.6) is 0 Å².